The Morgan fingerprint density at radius 1 is 1.10 bits per heavy atom. The lowest BCUT2D eigenvalue weighted by Gasteiger charge is -2.07. The van der Waals surface area contributed by atoms with Crippen LogP contribution in [0.5, 0.6) is 0 Å². The Balaban J connectivity index is 2.00. The number of rotatable bonds is 5. The van der Waals surface area contributed by atoms with Crippen LogP contribution in [-0.4, -0.2) is 17.0 Å². The summed E-state index contributed by atoms with van der Waals surface area (Å²) in [6.45, 7) is 0. The first-order valence-corrected chi connectivity index (χ1v) is 6.52. The van der Waals surface area contributed by atoms with Crippen molar-refractivity contribution in [1.29, 1.82) is 0 Å². The number of amides is 1. The summed E-state index contributed by atoms with van der Waals surface area (Å²) >= 11 is 0. The highest BCUT2D eigenvalue weighted by atomic mass is 16.4. The van der Waals surface area contributed by atoms with Gasteiger partial charge in [0.2, 0.25) is 0 Å². The SMILES string of the molecule is Nc1cccc(C(=O)Nc2ccc(CCC(=O)O)cc2)c1. The Kier molecular flexibility index (Phi) is 4.56. The minimum Gasteiger partial charge on any atom is -0.481 e. The van der Waals surface area contributed by atoms with Gasteiger partial charge < -0.3 is 16.2 Å². The molecule has 5 heteroatoms. The van der Waals surface area contributed by atoms with E-state index in [1.54, 1.807) is 48.5 Å². The number of carbonyl (C=O) groups is 2. The molecule has 21 heavy (non-hydrogen) atoms. The summed E-state index contributed by atoms with van der Waals surface area (Å²) in [6.07, 6.45) is 0.563. The fraction of sp³-hybridized carbons (Fsp3) is 0.125. The molecule has 0 aliphatic rings. The summed E-state index contributed by atoms with van der Waals surface area (Å²) in [5.41, 5.74) is 8.23. The summed E-state index contributed by atoms with van der Waals surface area (Å²) in [6, 6.07) is 13.8. The maximum absolute atomic E-state index is 12.0. The average Bonchev–Trinajstić information content (AvgIpc) is 2.46. The second-order valence-electron chi connectivity index (χ2n) is 4.67. The molecule has 0 spiro atoms. The average molecular weight is 284 g/mol. The highest BCUT2D eigenvalue weighted by molar-refractivity contribution is 6.04. The van der Waals surface area contributed by atoms with Crippen molar-refractivity contribution in [3.63, 3.8) is 0 Å². The summed E-state index contributed by atoms with van der Waals surface area (Å²) in [5, 5.41) is 11.4. The molecule has 2 aromatic carbocycles. The Morgan fingerprint density at radius 3 is 2.43 bits per heavy atom. The molecule has 0 radical (unpaired) electrons. The zero-order valence-corrected chi connectivity index (χ0v) is 11.4. The molecule has 0 bridgehead atoms. The van der Waals surface area contributed by atoms with Crippen molar-refractivity contribution in [2.45, 2.75) is 12.8 Å². The molecule has 0 heterocycles. The van der Waals surface area contributed by atoms with Gasteiger partial charge in [0, 0.05) is 23.4 Å². The lowest BCUT2D eigenvalue weighted by atomic mass is 10.1. The summed E-state index contributed by atoms with van der Waals surface area (Å²) in [5.74, 6) is -1.06. The Hall–Kier alpha value is -2.82. The van der Waals surface area contributed by atoms with Gasteiger partial charge in [-0.2, -0.15) is 0 Å². The molecule has 0 atom stereocenters. The molecule has 0 aromatic heterocycles. The maximum atomic E-state index is 12.0. The minimum absolute atomic E-state index is 0.0923. The van der Waals surface area contributed by atoms with Crippen LogP contribution in [0, 0.1) is 0 Å². The van der Waals surface area contributed by atoms with Gasteiger partial charge in [-0.3, -0.25) is 9.59 Å². The summed E-state index contributed by atoms with van der Waals surface area (Å²) < 4.78 is 0. The first kappa shape index (κ1) is 14.6. The number of carboxylic acids is 1. The van der Waals surface area contributed by atoms with Crippen molar-refractivity contribution in [2.75, 3.05) is 11.1 Å². The molecule has 0 aliphatic heterocycles. The van der Waals surface area contributed by atoms with Crippen LogP contribution < -0.4 is 11.1 Å². The van der Waals surface area contributed by atoms with Crippen LogP contribution in [0.25, 0.3) is 0 Å². The van der Waals surface area contributed by atoms with Gasteiger partial charge in [-0.15, -0.1) is 0 Å². The van der Waals surface area contributed by atoms with Gasteiger partial charge in [-0.1, -0.05) is 18.2 Å². The Labute approximate surface area is 122 Å². The largest absolute Gasteiger partial charge is 0.481 e. The van der Waals surface area contributed by atoms with E-state index >= 15 is 0 Å². The predicted molar refractivity (Wildman–Crippen MR) is 81.2 cm³/mol. The van der Waals surface area contributed by atoms with Crippen LogP contribution >= 0.6 is 0 Å². The number of nitrogen functional groups attached to an aromatic ring is 1. The molecule has 0 saturated heterocycles. The molecular formula is C16H16N2O3. The Morgan fingerprint density at radius 2 is 1.81 bits per heavy atom. The number of nitrogens with one attached hydrogen (secondary N) is 1. The van der Waals surface area contributed by atoms with Crippen LogP contribution in [-0.2, 0) is 11.2 Å². The number of carbonyl (C=O) groups excluding carboxylic acids is 1. The molecule has 0 fully saturated rings. The number of hydrogen-bond acceptors (Lipinski definition) is 3. The van der Waals surface area contributed by atoms with E-state index < -0.39 is 5.97 Å². The minimum atomic E-state index is -0.825. The second-order valence-corrected chi connectivity index (χ2v) is 4.67. The van der Waals surface area contributed by atoms with Crippen LogP contribution in [0.1, 0.15) is 22.3 Å². The molecule has 1 amide bonds. The van der Waals surface area contributed by atoms with Gasteiger partial charge in [-0.05, 0) is 42.3 Å². The third-order valence-corrected chi connectivity index (χ3v) is 2.99. The zero-order valence-electron chi connectivity index (χ0n) is 11.4. The molecular weight excluding hydrogens is 268 g/mol. The molecule has 2 aromatic rings. The van der Waals surface area contributed by atoms with E-state index in [1.165, 1.54) is 0 Å². The number of aliphatic carboxylic acids is 1. The number of hydrogen-bond donors (Lipinski definition) is 3. The third kappa shape index (κ3) is 4.35. The van der Waals surface area contributed by atoms with Crippen LogP contribution in [0.2, 0.25) is 0 Å². The first-order chi connectivity index (χ1) is 10.0. The molecule has 5 nitrogen and oxygen atoms in total. The molecule has 0 aliphatic carbocycles. The quantitative estimate of drug-likeness (QED) is 0.736. The van der Waals surface area contributed by atoms with Crippen molar-refractivity contribution >= 4 is 23.3 Å². The standard InChI is InChI=1S/C16H16N2O3/c17-13-3-1-2-12(10-13)16(21)18-14-7-4-11(5-8-14)6-9-15(19)20/h1-5,7-8,10H,6,9,17H2,(H,18,21)(H,19,20). The van der Waals surface area contributed by atoms with E-state index in [1.807, 2.05) is 0 Å². The van der Waals surface area contributed by atoms with E-state index in [2.05, 4.69) is 5.32 Å². The van der Waals surface area contributed by atoms with Crippen molar-refractivity contribution < 1.29 is 14.7 Å². The second kappa shape index (κ2) is 6.56. The molecule has 0 saturated carbocycles. The van der Waals surface area contributed by atoms with E-state index in [-0.39, 0.29) is 12.3 Å². The summed E-state index contributed by atoms with van der Waals surface area (Å²) in [4.78, 5) is 22.5. The van der Waals surface area contributed by atoms with E-state index in [9.17, 15) is 9.59 Å². The molecule has 4 N–H and O–H groups in total. The number of benzene rings is 2. The molecule has 2 rings (SSSR count). The van der Waals surface area contributed by atoms with Gasteiger partial charge in [0.15, 0.2) is 0 Å². The number of anilines is 2. The number of nitrogens with two attached hydrogens (primary N) is 1. The molecule has 0 unspecified atom stereocenters. The van der Waals surface area contributed by atoms with Crippen LogP contribution in [0.15, 0.2) is 48.5 Å². The summed E-state index contributed by atoms with van der Waals surface area (Å²) in [7, 11) is 0. The maximum Gasteiger partial charge on any atom is 0.303 e. The van der Waals surface area contributed by atoms with Gasteiger partial charge in [0.05, 0.1) is 0 Å². The topological polar surface area (TPSA) is 92.4 Å². The number of carboxylic acid groups (broad SMARTS) is 1. The smallest absolute Gasteiger partial charge is 0.303 e. The van der Waals surface area contributed by atoms with Crippen molar-refractivity contribution in [3.05, 3.63) is 59.7 Å². The number of aryl methyl sites for hydroxylation is 1. The fourth-order valence-corrected chi connectivity index (χ4v) is 1.89. The lowest BCUT2D eigenvalue weighted by Crippen LogP contribution is -2.12. The van der Waals surface area contributed by atoms with E-state index in [4.69, 9.17) is 10.8 Å². The highest BCUT2D eigenvalue weighted by Crippen LogP contribution is 2.14. The van der Waals surface area contributed by atoms with Crippen molar-refractivity contribution in [3.8, 4) is 0 Å². The van der Waals surface area contributed by atoms with Gasteiger partial charge in [0.1, 0.15) is 0 Å². The highest BCUT2D eigenvalue weighted by Gasteiger charge is 2.06. The van der Waals surface area contributed by atoms with Crippen LogP contribution in [0.3, 0.4) is 0 Å². The zero-order chi connectivity index (χ0) is 15.2. The monoisotopic (exact) mass is 284 g/mol. The Bertz CT molecular complexity index is 651. The normalized spacial score (nSPS) is 10.1. The van der Waals surface area contributed by atoms with E-state index in [0.29, 0.717) is 23.4 Å². The fourth-order valence-electron chi connectivity index (χ4n) is 1.89. The lowest BCUT2D eigenvalue weighted by molar-refractivity contribution is -0.136. The van der Waals surface area contributed by atoms with Gasteiger partial charge in [0.25, 0.3) is 5.91 Å². The first-order valence-electron chi connectivity index (χ1n) is 6.52. The third-order valence-electron chi connectivity index (χ3n) is 2.99. The van der Waals surface area contributed by atoms with E-state index in [0.717, 1.165) is 5.56 Å². The van der Waals surface area contributed by atoms with Crippen LogP contribution in [0.4, 0.5) is 11.4 Å². The predicted octanol–water partition coefficient (Wildman–Crippen LogP) is 2.54. The molecule has 108 valence electrons. The van der Waals surface area contributed by atoms with Crippen molar-refractivity contribution in [1.82, 2.24) is 0 Å². The van der Waals surface area contributed by atoms with Crippen molar-refractivity contribution in [2.24, 2.45) is 0 Å². The van der Waals surface area contributed by atoms with Gasteiger partial charge in [-0.25, -0.2) is 0 Å². The van der Waals surface area contributed by atoms with Gasteiger partial charge >= 0.3 is 5.97 Å².